The SMILES string of the molecule is CC(C)c1ccc(C(=O)COC(=O)C2CCN(C(=O)/C=C/c3ccccc3)CC2)cc1. The highest BCUT2D eigenvalue weighted by Gasteiger charge is 2.28. The number of carbonyl (C=O) groups is 3. The maximum Gasteiger partial charge on any atom is 0.309 e. The van der Waals surface area contributed by atoms with Gasteiger partial charge in [-0.3, -0.25) is 14.4 Å². The number of amides is 1. The average molecular weight is 420 g/mol. The van der Waals surface area contributed by atoms with Crippen molar-refractivity contribution in [1.29, 1.82) is 0 Å². The molecule has 0 aliphatic carbocycles. The van der Waals surface area contributed by atoms with Crippen LogP contribution in [0.15, 0.2) is 60.7 Å². The summed E-state index contributed by atoms with van der Waals surface area (Å²) in [6.45, 7) is 4.94. The molecule has 0 spiro atoms. The zero-order chi connectivity index (χ0) is 22.2. The topological polar surface area (TPSA) is 63.7 Å². The van der Waals surface area contributed by atoms with Crippen LogP contribution < -0.4 is 0 Å². The first-order valence-corrected chi connectivity index (χ1v) is 10.8. The predicted octanol–water partition coefficient (Wildman–Crippen LogP) is 4.49. The van der Waals surface area contributed by atoms with Gasteiger partial charge >= 0.3 is 5.97 Å². The molecule has 1 aliphatic heterocycles. The van der Waals surface area contributed by atoms with Crippen LogP contribution >= 0.6 is 0 Å². The fourth-order valence-electron chi connectivity index (χ4n) is 3.56. The number of ketones is 1. The molecule has 5 nitrogen and oxygen atoms in total. The lowest BCUT2D eigenvalue weighted by atomic mass is 9.97. The van der Waals surface area contributed by atoms with Crippen molar-refractivity contribution in [1.82, 2.24) is 4.90 Å². The monoisotopic (exact) mass is 419 g/mol. The van der Waals surface area contributed by atoms with Crippen LogP contribution in [-0.4, -0.2) is 42.3 Å². The summed E-state index contributed by atoms with van der Waals surface area (Å²) in [5, 5.41) is 0. The highest BCUT2D eigenvalue weighted by Crippen LogP contribution is 2.20. The quantitative estimate of drug-likeness (QED) is 0.377. The molecule has 0 saturated carbocycles. The van der Waals surface area contributed by atoms with E-state index in [9.17, 15) is 14.4 Å². The Kier molecular flexibility index (Phi) is 7.76. The van der Waals surface area contributed by atoms with Crippen LogP contribution in [0.3, 0.4) is 0 Å². The van der Waals surface area contributed by atoms with Gasteiger partial charge in [-0.2, -0.15) is 0 Å². The lowest BCUT2D eigenvalue weighted by Gasteiger charge is -2.30. The van der Waals surface area contributed by atoms with Gasteiger partial charge in [-0.1, -0.05) is 68.4 Å². The molecule has 1 heterocycles. The highest BCUT2D eigenvalue weighted by molar-refractivity contribution is 5.98. The minimum Gasteiger partial charge on any atom is -0.457 e. The van der Waals surface area contributed by atoms with Crippen LogP contribution in [0.2, 0.25) is 0 Å². The Balaban J connectivity index is 1.43. The Labute approximate surface area is 183 Å². The number of esters is 1. The average Bonchev–Trinajstić information content (AvgIpc) is 2.81. The molecule has 1 fully saturated rings. The molecule has 3 rings (SSSR count). The summed E-state index contributed by atoms with van der Waals surface area (Å²) in [5.41, 5.74) is 2.68. The third-order valence-corrected chi connectivity index (χ3v) is 5.60. The number of hydrogen-bond acceptors (Lipinski definition) is 4. The van der Waals surface area contributed by atoms with Crippen LogP contribution in [0, 0.1) is 5.92 Å². The lowest BCUT2D eigenvalue weighted by Crippen LogP contribution is -2.40. The van der Waals surface area contributed by atoms with Crippen molar-refractivity contribution < 1.29 is 19.1 Å². The standard InChI is InChI=1S/C26H29NO4/c1-19(2)21-9-11-22(12-10-21)24(28)18-31-26(30)23-14-16-27(17-15-23)25(29)13-8-20-6-4-3-5-7-20/h3-13,19,23H,14-18H2,1-2H3/b13-8+. The molecule has 2 aromatic rings. The number of nitrogens with zero attached hydrogens (tertiary/aromatic N) is 1. The molecule has 0 atom stereocenters. The Morgan fingerprint density at radius 3 is 2.26 bits per heavy atom. The number of likely N-dealkylation sites (tertiary alicyclic amines) is 1. The van der Waals surface area contributed by atoms with E-state index >= 15 is 0 Å². The second-order valence-corrected chi connectivity index (χ2v) is 8.15. The summed E-state index contributed by atoms with van der Waals surface area (Å²) < 4.78 is 5.27. The van der Waals surface area contributed by atoms with Gasteiger partial charge < -0.3 is 9.64 Å². The summed E-state index contributed by atoms with van der Waals surface area (Å²) in [7, 11) is 0. The number of carbonyl (C=O) groups excluding carboxylic acids is 3. The van der Waals surface area contributed by atoms with Crippen LogP contribution in [0.1, 0.15) is 54.1 Å². The van der Waals surface area contributed by atoms with E-state index in [1.54, 1.807) is 29.2 Å². The summed E-state index contributed by atoms with van der Waals surface area (Å²) in [6, 6.07) is 17.1. The molecule has 0 unspecified atom stereocenters. The van der Waals surface area contributed by atoms with Crippen LogP contribution in [0.5, 0.6) is 0 Å². The van der Waals surface area contributed by atoms with Crippen LogP contribution in [0.4, 0.5) is 0 Å². The Bertz CT molecular complexity index is 924. The molecule has 1 amide bonds. The molecule has 1 aliphatic rings. The van der Waals surface area contributed by atoms with Crippen molar-refractivity contribution in [3.8, 4) is 0 Å². The van der Waals surface area contributed by atoms with Gasteiger partial charge in [0.15, 0.2) is 12.4 Å². The number of hydrogen-bond donors (Lipinski definition) is 0. The van der Waals surface area contributed by atoms with E-state index in [0.717, 1.165) is 11.1 Å². The van der Waals surface area contributed by atoms with E-state index in [2.05, 4.69) is 13.8 Å². The zero-order valence-electron chi connectivity index (χ0n) is 18.1. The molecular weight excluding hydrogens is 390 g/mol. The number of benzene rings is 2. The van der Waals surface area contributed by atoms with Gasteiger partial charge in [-0.05, 0) is 36.0 Å². The van der Waals surface area contributed by atoms with Crippen molar-refractivity contribution >= 4 is 23.7 Å². The van der Waals surface area contributed by atoms with Crippen molar-refractivity contribution in [3.05, 3.63) is 77.4 Å². The molecule has 0 radical (unpaired) electrons. The highest BCUT2D eigenvalue weighted by atomic mass is 16.5. The van der Waals surface area contributed by atoms with Gasteiger partial charge in [0.25, 0.3) is 0 Å². The minimum absolute atomic E-state index is 0.0595. The summed E-state index contributed by atoms with van der Waals surface area (Å²) in [5.74, 6) is -0.510. The van der Waals surface area contributed by atoms with E-state index in [4.69, 9.17) is 4.74 Å². The maximum atomic E-state index is 12.4. The second-order valence-electron chi connectivity index (χ2n) is 8.15. The molecular formula is C26H29NO4. The van der Waals surface area contributed by atoms with Crippen molar-refractivity contribution in [2.24, 2.45) is 5.92 Å². The van der Waals surface area contributed by atoms with E-state index in [0.29, 0.717) is 37.4 Å². The van der Waals surface area contributed by atoms with Crippen LogP contribution in [0.25, 0.3) is 6.08 Å². The van der Waals surface area contributed by atoms with Crippen molar-refractivity contribution in [2.45, 2.75) is 32.6 Å². The zero-order valence-corrected chi connectivity index (χ0v) is 18.1. The molecule has 0 N–H and O–H groups in total. The lowest BCUT2D eigenvalue weighted by molar-refractivity contribution is -0.150. The summed E-state index contributed by atoms with van der Waals surface area (Å²) >= 11 is 0. The number of Topliss-reactive ketones (excluding diaryl/α,β-unsaturated/α-hetero) is 1. The maximum absolute atomic E-state index is 12.4. The number of piperidine rings is 1. The van der Waals surface area contributed by atoms with Gasteiger partial charge in [0.05, 0.1) is 5.92 Å². The molecule has 5 heteroatoms. The molecule has 0 aromatic heterocycles. The smallest absolute Gasteiger partial charge is 0.309 e. The third kappa shape index (κ3) is 6.38. The largest absolute Gasteiger partial charge is 0.457 e. The number of ether oxygens (including phenoxy) is 1. The van der Waals surface area contributed by atoms with Gasteiger partial charge in [0.1, 0.15) is 0 Å². The first kappa shape index (κ1) is 22.5. The summed E-state index contributed by atoms with van der Waals surface area (Å²) in [4.78, 5) is 38.8. The first-order chi connectivity index (χ1) is 14.9. The third-order valence-electron chi connectivity index (χ3n) is 5.60. The molecule has 1 saturated heterocycles. The summed E-state index contributed by atoms with van der Waals surface area (Å²) in [6.07, 6.45) is 4.45. The molecule has 0 bridgehead atoms. The van der Waals surface area contributed by atoms with Gasteiger partial charge in [0, 0.05) is 24.7 Å². The van der Waals surface area contributed by atoms with Gasteiger partial charge in [-0.25, -0.2) is 0 Å². The van der Waals surface area contributed by atoms with Crippen molar-refractivity contribution in [3.63, 3.8) is 0 Å². The van der Waals surface area contributed by atoms with Gasteiger partial charge in [0.2, 0.25) is 5.91 Å². The fourth-order valence-corrected chi connectivity index (χ4v) is 3.56. The fraction of sp³-hybridized carbons (Fsp3) is 0.346. The first-order valence-electron chi connectivity index (χ1n) is 10.8. The normalized spacial score (nSPS) is 14.7. The van der Waals surface area contributed by atoms with E-state index in [1.165, 1.54) is 0 Å². The van der Waals surface area contributed by atoms with E-state index in [1.807, 2.05) is 42.5 Å². The molecule has 2 aromatic carbocycles. The molecule has 31 heavy (non-hydrogen) atoms. The number of rotatable bonds is 7. The van der Waals surface area contributed by atoms with E-state index < -0.39 is 0 Å². The second kappa shape index (κ2) is 10.7. The predicted molar refractivity (Wildman–Crippen MR) is 121 cm³/mol. The van der Waals surface area contributed by atoms with Gasteiger partial charge in [-0.15, -0.1) is 0 Å². The Hall–Kier alpha value is -3.21. The van der Waals surface area contributed by atoms with E-state index in [-0.39, 0.29) is 30.2 Å². The van der Waals surface area contributed by atoms with Crippen LogP contribution in [-0.2, 0) is 14.3 Å². The Morgan fingerprint density at radius 1 is 1.00 bits per heavy atom. The minimum atomic E-state index is -0.362. The molecule has 162 valence electrons. The van der Waals surface area contributed by atoms with Crippen molar-refractivity contribution in [2.75, 3.05) is 19.7 Å². The Morgan fingerprint density at radius 2 is 1.65 bits per heavy atom.